The third-order valence-electron chi connectivity index (χ3n) is 3.58. The van der Waals surface area contributed by atoms with E-state index in [1.165, 1.54) is 18.6 Å². The van der Waals surface area contributed by atoms with Crippen molar-refractivity contribution in [3.63, 3.8) is 0 Å². The highest BCUT2D eigenvalue weighted by Gasteiger charge is 2.16. The third kappa shape index (κ3) is 4.53. The largest absolute Gasteiger partial charge is 0.376 e. The fraction of sp³-hybridized carbons (Fsp3) is 0.846. The van der Waals surface area contributed by atoms with E-state index in [9.17, 15) is 0 Å². The highest BCUT2D eigenvalue weighted by atomic mass is 32.1. The topological polar surface area (TPSA) is 45.7 Å². The van der Waals surface area contributed by atoms with Crippen molar-refractivity contribution in [1.82, 2.24) is 10.7 Å². The maximum absolute atomic E-state index is 5.53. The normalized spacial score (nSPS) is 30.4. The second kappa shape index (κ2) is 7.04. The first-order valence-electron chi connectivity index (χ1n) is 6.95. The van der Waals surface area contributed by atoms with Crippen LogP contribution in [0, 0.1) is 5.92 Å². The quantitative estimate of drug-likeness (QED) is 0.609. The van der Waals surface area contributed by atoms with Gasteiger partial charge in [-0.25, -0.2) is 0 Å². The molecule has 2 N–H and O–H groups in total. The molecule has 2 atom stereocenters. The lowest BCUT2D eigenvalue weighted by Crippen LogP contribution is -2.37. The molecule has 2 fully saturated rings. The van der Waals surface area contributed by atoms with Crippen LogP contribution in [0.15, 0.2) is 5.10 Å². The molecule has 0 spiro atoms. The molecule has 102 valence electrons. The van der Waals surface area contributed by atoms with Gasteiger partial charge in [0.25, 0.3) is 0 Å². The lowest BCUT2D eigenvalue weighted by atomic mass is 9.89. The van der Waals surface area contributed by atoms with E-state index in [1.807, 2.05) is 0 Å². The molecule has 18 heavy (non-hydrogen) atoms. The van der Waals surface area contributed by atoms with E-state index >= 15 is 0 Å². The van der Waals surface area contributed by atoms with Crippen molar-refractivity contribution in [2.24, 2.45) is 11.0 Å². The number of thiocarbonyl (C=S) groups is 1. The van der Waals surface area contributed by atoms with Crippen LogP contribution in [0.5, 0.6) is 0 Å². The van der Waals surface area contributed by atoms with Crippen LogP contribution in [0.25, 0.3) is 0 Å². The van der Waals surface area contributed by atoms with Crippen LogP contribution in [0.1, 0.15) is 45.4 Å². The molecule has 4 nitrogen and oxygen atoms in total. The monoisotopic (exact) mass is 269 g/mol. The number of ether oxygens (including phenoxy) is 1. The van der Waals surface area contributed by atoms with E-state index in [4.69, 9.17) is 17.0 Å². The molecule has 0 unspecified atom stereocenters. The van der Waals surface area contributed by atoms with Gasteiger partial charge in [0.15, 0.2) is 5.11 Å². The van der Waals surface area contributed by atoms with Gasteiger partial charge >= 0.3 is 0 Å². The summed E-state index contributed by atoms with van der Waals surface area (Å²) in [5.41, 5.74) is 4.19. The predicted octanol–water partition coefficient (Wildman–Crippen LogP) is 2.20. The maximum Gasteiger partial charge on any atom is 0.187 e. The molecule has 1 aliphatic carbocycles. The number of rotatable bonds is 3. The molecule has 1 saturated carbocycles. The predicted molar refractivity (Wildman–Crippen MR) is 77.8 cm³/mol. The number of hydrogen-bond donors (Lipinski definition) is 2. The van der Waals surface area contributed by atoms with Gasteiger partial charge in [0.2, 0.25) is 0 Å². The fourth-order valence-corrected chi connectivity index (χ4v) is 2.67. The van der Waals surface area contributed by atoms with Crippen LogP contribution in [-0.4, -0.2) is 30.1 Å². The average Bonchev–Trinajstić information content (AvgIpc) is 2.87. The number of nitrogens with zero attached hydrogens (tertiary/aromatic N) is 1. The minimum atomic E-state index is 0.312. The first-order chi connectivity index (χ1) is 8.74. The van der Waals surface area contributed by atoms with E-state index in [1.54, 1.807) is 0 Å². The maximum atomic E-state index is 5.53. The SMILES string of the molecule is C[C@@H]1CCC/C(=N\NC(=S)NC[C@H]2CCCO2)C1. The third-order valence-corrected chi connectivity index (χ3v) is 3.81. The Balaban J connectivity index is 1.65. The molecule has 2 aliphatic rings. The summed E-state index contributed by atoms with van der Waals surface area (Å²) in [5.74, 6) is 0.757. The average molecular weight is 269 g/mol. The molecule has 1 aliphatic heterocycles. The first kappa shape index (κ1) is 13.7. The zero-order valence-corrected chi connectivity index (χ0v) is 11.9. The summed E-state index contributed by atoms with van der Waals surface area (Å²) < 4.78 is 5.53. The summed E-state index contributed by atoms with van der Waals surface area (Å²) in [7, 11) is 0. The molecular weight excluding hydrogens is 246 g/mol. The van der Waals surface area contributed by atoms with Gasteiger partial charge in [-0.05, 0) is 56.7 Å². The zero-order chi connectivity index (χ0) is 12.8. The molecule has 0 amide bonds. The minimum Gasteiger partial charge on any atom is -0.376 e. The van der Waals surface area contributed by atoms with Gasteiger partial charge in [-0.2, -0.15) is 5.10 Å². The smallest absolute Gasteiger partial charge is 0.187 e. The highest BCUT2D eigenvalue weighted by molar-refractivity contribution is 7.80. The zero-order valence-electron chi connectivity index (χ0n) is 11.1. The van der Waals surface area contributed by atoms with Gasteiger partial charge in [-0.15, -0.1) is 0 Å². The summed E-state index contributed by atoms with van der Waals surface area (Å²) >= 11 is 5.20. The van der Waals surface area contributed by atoms with Gasteiger partial charge in [0.05, 0.1) is 6.10 Å². The van der Waals surface area contributed by atoms with Crippen molar-refractivity contribution in [3.8, 4) is 0 Å². The van der Waals surface area contributed by atoms with Crippen LogP contribution in [0.3, 0.4) is 0 Å². The van der Waals surface area contributed by atoms with Gasteiger partial charge in [0.1, 0.15) is 0 Å². The Hall–Kier alpha value is -0.680. The van der Waals surface area contributed by atoms with E-state index in [0.717, 1.165) is 44.8 Å². The van der Waals surface area contributed by atoms with Crippen LogP contribution < -0.4 is 10.7 Å². The Morgan fingerprint density at radius 3 is 3.06 bits per heavy atom. The fourth-order valence-electron chi connectivity index (χ4n) is 2.54. The van der Waals surface area contributed by atoms with E-state index in [-0.39, 0.29) is 0 Å². The van der Waals surface area contributed by atoms with Crippen LogP contribution in [0.2, 0.25) is 0 Å². The Labute approximate surface area is 115 Å². The molecule has 2 rings (SSSR count). The number of hydrogen-bond acceptors (Lipinski definition) is 3. The molecule has 0 aromatic heterocycles. The van der Waals surface area contributed by atoms with Crippen LogP contribution >= 0.6 is 12.2 Å². The molecule has 0 bridgehead atoms. The Kier molecular flexibility index (Phi) is 5.38. The van der Waals surface area contributed by atoms with E-state index in [2.05, 4.69) is 22.8 Å². The summed E-state index contributed by atoms with van der Waals surface area (Å²) in [5, 5.41) is 8.17. The van der Waals surface area contributed by atoms with Crippen molar-refractivity contribution >= 4 is 23.0 Å². The van der Waals surface area contributed by atoms with Gasteiger partial charge in [0, 0.05) is 18.9 Å². The molecule has 1 saturated heterocycles. The summed E-state index contributed by atoms with van der Waals surface area (Å²) in [6.45, 7) is 3.95. The highest BCUT2D eigenvalue weighted by Crippen LogP contribution is 2.20. The van der Waals surface area contributed by atoms with Crippen molar-refractivity contribution in [2.75, 3.05) is 13.2 Å². The molecule has 5 heteroatoms. The Morgan fingerprint density at radius 2 is 2.33 bits per heavy atom. The van der Waals surface area contributed by atoms with Crippen molar-refractivity contribution in [1.29, 1.82) is 0 Å². The molecule has 0 aromatic carbocycles. The van der Waals surface area contributed by atoms with Crippen LogP contribution in [-0.2, 0) is 4.74 Å². The van der Waals surface area contributed by atoms with Crippen molar-refractivity contribution in [3.05, 3.63) is 0 Å². The van der Waals surface area contributed by atoms with Crippen molar-refractivity contribution in [2.45, 2.75) is 51.6 Å². The van der Waals surface area contributed by atoms with Gasteiger partial charge < -0.3 is 10.1 Å². The number of nitrogens with one attached hydrogen (secondary N) is 2. The standard InChI is InChI=1S/C13H23N3OS/c1-10-4-2-5-11(8-10)15-16-13(18)14-9-12-6-3-7-17-12/h10,12H,2-9H2,1H3,(H2,14,16,18)/b15-11+/t10-,12-/m1/s1. The molecule has 0 radical (unpaired) electrons. The van der Waals surface area contributed by atoms with Gasteiger partial charge in [-0.3, -0.25) is 5.43 Å². The van der Waals surface area contributed by atoms with E-state index in [0.29, 0.717) is 11.2 Å². The second-order valence-electron chi connectivity index (χ2n) is 5.34. The summed E-state index contributed by atoms with van der Waals surface area (Å²) in [6.07, 6.45) is 7.37. The Bertz CT molecular complexity index is 313. The first-order valence-corrected chi connectivity index (χ1v) is 7.35. The molecular formula is C13H23N3OS. The lowest BCUT2D eigenvalue weighted by Gasteiger charge is -2.19. The summed E-state index contributed by atoms with van der Waals surface area (Å²) in [6, 6.07) is 0. The molecule has 1 heterocycles. The lowest BCUT2D eigenvalue weighted by molar-refractivity contribution is 0.114. The Morgan fingerprint density at radius 1 is 1.44 bits per heavy atom. The summed E-state index contributed by atoms with van der Waals surface area (Å²) in [4.78, 5) is 0. The van der Waals surface area contributed by atoms with Crippen molar-refractivity contribution < 1.29 is 4.74 Å². The van der Waals surface area contributed by atoms with E-state index < -0.39 is 0 Å². The number of hydrazone groups is 1. The minimum absolute atomic E-state index is 0.312. The van der Waals surface area contributed by atoms with Crippen LogP contribution in [0.4, 0.5) is 0 Å². The second-order valence-corrected chi connectivity index (χ2v) is 5.74. The molecule has 0 aromatic rings. The van der Waals surface area contributed by atoms with Gasteiger partial charge in [-0.1, -0.05) is 6.92 Å².